The van der Waals surface area contributed by atoms with Gasteiger partial charge < -0.3 is 15.0 Å². The molecular weight excluding hydrogens is 432 g/mol. The summed E-state index contributed by atoms with van der Waals surface area (Å²) < 4.78 is 6.57. The molecule has 2 saturated heterocycles. The van der Waals surface area contributed by atoms with Crippen LogP contribution in [0.3, 0.4) is 0 Å². The largest absolute Gasteiger partial charge is 0.379 e. The number of nitrogens with one attached hydrogen (secondary N) is 1. The average Bonchev–Trinajstić information content (AvgIpc) is 3.24. The van der Waals surface area contributed by atoms with Gasteiger partial charge in [-0.05, 0) is 46.3 Å². The predicted octanol–water partition coefficient (Wildman–Crippen LogP) is 3.21. The first kappa shape index (κ1) is 18.3. The lowest BCUT2D eigenvalue weighted by Crippen LogP contribution is -2.42. The second-order valence-corrected chi connectivity index (χ2v) is 8.69. The van der Waals surface area contributed by atoms with E-state index in [9.17, 15) is 0 Å². The fraction of sp³-hybridized carbons (Fsp3) is 0.444. The first-order valence-electron chi connectivity index (χ1n) is 8.74. The molecule has 0 unspecified atom stereocenters. The number of hydrogen-bond acceptors (Lipinski definition) is 5. The zero-order valence-corrected chi connectivity index (χ0v) is 17.5. The van der Waals surface area contributed by atoms with Crippen LogP contribution in [0.2, 0.25) is 0 Å². The summed E-state index contributed by atoms with van der Waals surface area (Å²) in [4.78, 5) is 10.6. The summed E-state index contributed by atoms with van der Waals surface area (Å²) in [6, 6.07) is 8.48. The van der Waals surface area contributed by atoms with Gasteiger partial charge in [0.1, 0.15) is 0 Å². The molecule has 138 valence electrons. The van der Waals surface area contributed by atoms with E-state index in [1.54, 1.807) is 11.3 Å². The fourth-order valence-electron chi connectivity index (χ4n) is 3.51. The molecule has 2 atom stereocenters. The maximum atomic E-state index is 5.70. The van der Waals surface area contributed by atoms with E-state index in [1.807, 2.05) is 18.3 Å². The number of hydrogen-bond donors (Lipinski definition) is 1. The van der Waals surface area contributed by atoms with Gasteiger partial charge in [0.05, 0.1) is 31.0 Å². The third-order valence-corrected chi connectivity index (χ3v) is 6.95. The van der Waals surface area contributed by atoms with Crippen LogP contribution >= 0.6 is 39.5 Å². The minimum absolute atomic E-state index is 0.0685. The van der Waals surface area contributed by atoms with Crippen molar-refractivity contribution in [1.82, 2.24) is 20.1 Å². The van der Waals surface area contributed by atoms with E-state index in [4.69, 9.17) is 17.0 Å². The summed E-state index contributed by atoms with van der Waals surface area (Å²) in [7, 11) is 0. The van der Waals surface area contributed by atoms with Crippen molar-refractivity contribution >= 4 is 44.6 Å². The Balaban J connectivity index is 1.57. The molecule has 26 heavy (non-hydrogen) atoms. The highest BCUT2D eigenvalue weighted by Crippen LogP contribution is 2.41. The van der Waals surface area contributed by atoms with Crippen molar-refractivity contribution in [2.75, 3.05) is 39.4 Å². The van der Waals surface area contributed by atoms with Crippen molar-refractivity contribution in [3.8, 4) is 0 Å². The average molecular weight is 453 g/mol. The van der Waals surface area contributed by atoms with Gasteiger partial charge in [-0.3, -0.25) is 9.88 Å². The molecule has 0 aliphatic carbocycles. The Kier molecular flexibility index (Phi) is 5.85. The van der Waals surface area contributed by atoms with Crippen LogP contribution in [0.25, 0.3) is 0 Å². The van der Waals surface area contributed by atoms with Gasteiger partial charge in [-0.2, -0.15) is 0 Å². The minimum atomic E-state index is 0.0685. The van der Waals surface area contributed by atoms with Crippen molar-refractivity contribution in [2.45, 2.75) is 12.1 Å². The second kappa shape index (κ2) is 8.31. The molecule has 1 N–H and O–H groups in total. The SMILES string of the molecule is S=C1N[C@@H](c2ccccn2)[C@@H](c2cc(Br)cs2)N1CCN1CCOCC1. The number of rotatable bonds is 5. The summed E-state index contributed by atoms with van der Waals surface area (Å²) >= 11 is 11.1. The first-order valence-corrected chi connectivity index (χ1v) is 10.8. The van der Waals surface area contributed by atoms with Crippen molar-refractivity contribution in [1.29, 1.82) is 0 Å². The smallest absolute Gasteiger partial charge is 0.170 e. The molecule has 2 aromatic heterocycles. The van der Waals surface area contributed by atoms with Crippen LogP contribution in [0, 0.1) is 0 Å². The maximum absolute atomic E-state index is 5.70. The Bertz CT molecular complexity index is 751. The highest BCUT2D eigenvalue weighted by molar-refractivity contribution is 9.10. The van der Waals surface area contributed by atoms with Gasteiger partial charge in [0.2, 0.25) is 0 Å². The van der Waals surface area contributed by atoms with Gasteiger partial charge in [0.25, 0.3) is 0 Å². The minimum Gasteiger partial charge on any atom is -0.379 e. The molecule has 0 radical (unpaired) electrons. The summed E-state index contributed by atoms with van der Waals surface area (Å²) in [6.07, 6.45) is 1.85. The summed E-state index contributed by atoms with van der Waals surface area (Å²) in [5.41, 5.74) is 1.03. The van der Waals surface area contributed by atoms with E-state index in [2.05, 4.69) is 53.5 Å². The molecule has 2 fully saturated rings. The lowest BCUT2D eigenvalue weighted by molar-refractivity contribution is 0.0350. The number of halogens is 1. The van der Waals surface area contributed by atoms with Gasteiger partial charge in [-0.15, -0.1) is 11.3 Å². The topological polar surface area (TPSA) is 40.6 Å². The van der Waals surface area contributed by atoms with Crippen molar-refractivity contribution in [3.63, 3.8) is 0 Å². The number of nitrogens with zero attached hydrogens (tertiary/aromatic N) is 3. The summed E-state index contributed by atoms with van der Waals surface area (Å²) in [5.74, 6) is 0. The molecule has 4 rings (SSSR count). The molecule has 2 aromatic rings. The fourth-order valence-corrected chi connectivity index (χ4v) is 5.44. The molecule has 5 nitrogen and oxygen atoms in total. The van der Waals surface area contributed by atoms with Crippen LogP contribution in [0.5, 0.6) is 0 Å². The van der Waals surface area contributed by atoms with Crippen molar-refractivity contribution in [3.05, 3.63) is 50.9 Å². The molecule has 4 heterocycles. The summed E-state index contributed by atoms with van der Waals surface area (Å²) in [5, 5.41) is 6.45. The Morgan fingerprint density at radius 3 is 2.85 bits per heavy atom. The van der Waals surface area contributed by atoms with E-state index >= 15 is 0 Å². The Hall–Kier alpha value is -1.06. The molecule has 2 aliphatic heterocycles. The quantitative estimate of drug-likeness (QED) is 0.702. The predicted molar refractivity (Wildman–Crippen MR) is 111 cm³/mol. The van der Waals surface area contributed by atoms with E-state index in [1.165, 1.54) is 4.88 Å². The molecular formula is C18H21BrN4OS2. The number of thiophene rings is 1. The molecule has 0 saturated carbocycles. The van der Waals surface area contributed by atoms with Gasteiger partial charge in [0, 0.05) is 47.1 Å². The highest BCUT2D eigenvalue weighted by atomic mass is 79.9. The first-order chi connectivity index (χ1) is 12.7. The van der Waals surface area contributed by atoms with E-state index in [-0.39, 0.29) is 12.1 Å². The summed E-state index contributed by atoms with van der Waals surface area (Å²) in [6.45, 7) is 5.51. The number of thiocarbonyl (C=S) groups is 1. The van der Waals surface area contributed by atoms with Crippen LogP contribution in [-0.2, 0) is 4.74 Å². The van der Waals surface area contributed by atoms with Crippen LogP contribution in [0.1, 0.15) is 22.7 Å². The lowest BCUT2D eigenvalue weighted by atomic mass is 10.0. The number of ether oxygens (including phenoxy) is 1. The van der Waals surface area contributed by atoms with Crippen LogP contribution in [-0.4, -0.2) is 59.3 Å². The standard InChI is InChI=1S/C18H21BrN4OS2/c19-13-11-15(26-12-13)17-16(14-3-1-2-4-20-14)21-18(25)23(17)6-5-22-7-9-24-10-8-22/h1-4,11-12,16-17H,5-10H2,(H,21,25)/t16-,17+/m0/s1. The van der Waals surface area contributed by atoms with Gasteiger partial charge >= 0.3 is 0 Å². The van der Waals surface area contributed by atoms with Gasteiger partial charge in [0.15, 0.2) is 5.11 Å². The Morgan fingerprint density at radius 2 is 2.15 bits per heavy atom. The number of morpholine rings is 1. The van der Waals surface area contributed by atoms with Gasteiger partial charge in [-0.1, -0.05) is 6.07 Å². The van der Waals surface area contributed by atoms with Gasteiger partial charge in [-0.25, -0.2) is 0 Å². The number of pyridine rings is 1. The zero-order valence-electron chi connectivity index (χ0n) is 14.3. The maximum Gasteiger partial charge on any atom is 0.170 e. The normalized spacial score (nSPS) is 24.0. The van der Waals surface area contributed by atoms with Crippen molar-refractivity contribution in [2.24, 2.45) is 0 Å². The van der Waals surface area contributed by atoms with Crippen LogP contribution in [0.4, 0.5) is 0 Å². The molecule has 0 spiro atoms. The monoisotopic (exact) mass is 452 g/mol. The van der Waals surface area contributed by atoms with Crippen LogP contribution in [0.15, 0.2) is 40.3 Å². The second-order valence-electron chi connectivity index (χ2n) is 6.44. The molecule has 2 aliphatic rings. The Labute approximate surface area is 171 Å². The third-order valence-electron chi connectivity index (χ3n) is 4.84. The third kappa shape index (κ3) is 3.94. The molecule has 0 aromatic carbocycles. The molecule has 8 heteroatoms. The molecule has 0 bridgehead atoms. The van der Waals surface area contributed by atoms with Crippen LogP contribution < -0.4 is 5.32 Å². The van der Waals surface area contributed by atoms with E-state index < -0.39 is 0 Å². The zero-order chi connectivity index (χ0) is 17.9. The lowest BCUT2D eigenvalue weighted by Gasteiger charge is -2.31. The Morgan fingerprint density at radius 1 is 1.31 bits per heavy atom. The highest BCUT2D eigenvalue weighted by Gasteiger charge is 2.40. The number of aromatic nitrogens is 1. The molecule has 0 amide bonds. The van der Waals surface area contributed by atoms with E-state index in [0.717, 1.165) is 54.7 Å². The van der Waals surface area contributed by atoms with Crippen molar-refractivity contribution < 1.29 is 4.74 Å². The van der Waals surface area contributed by atoms with E-state index in [0.29, 0.717) is 0 Å².